The topological polar surface area (TPSA) is 66.2 Å². The molecule has 1 aliphatic carbocycles. The van der Waals surface area contributed by atoms with Gasteiger partial charge in [0.25, 0.3) is 0 Å². The molecule has 8 nitrogen and oxygen atoms in total. The van der Waals surface area contributed by atoms with E-state index in [9.17, 15) is 0 Å². The monoisotopic (exact) mass is 430 g/mol. The quantitative estimate of drug-likeness (QED) is 0.616. The van der Waals surface area contributed by atoms with Crippen LogP contribution in [-0.4, -0.2) is 56.8 Å². The van der Waals surface area contributed by atoms with Crippen molar-refractivity contribution in [1.29, 1.82) is 0 Å². The SMILES string of the molecule is CN(C)c1nc2c(c(N3CCn4c(nnc4C4CC4)C3)n1)CN(Cc1ccccc1)CC2. The zero-order valence-electron chi connectivity index (χ0n) is 18.9. The van der Waals surface area contributed by atoms with E-state index in [1.807, 2.05) is 19.0 Å². The summed E-state index contributed by atoms with van der Waals surface area (Å²) in [7, 11) is 4.04. The maximum atomic E-state index is 5.03. The summed E-state index contributed by atoms with van der Waals surface area (Å²) in [6, 6.07) is 10.7. The van der Waals surface area contributed by atoms with Gasteiger partial charge >= 0.3 is 0 Å². The number of hydrogen-bond acceptors (Lipinski definition) is 7. The van der Waals surface area contributed by atoms with Gasteiger partial charge in [0.1, 0.15) is 11.6 Å². The Kier molecular flexibility index (Phi) is 4.82. The molecule has 1 fully saturated rings. The lowest BCUT2D eigenvalue weighted by molar-refractivity contribution is 0.243. The first kappa shape index (κ1) is 19.7. The highest BCUT2D eigenvalue weighted by Gasteiger charge is 2.33. The van der Waals surface area contributed by atoms with E-state index >= 15 is 0 Å². The predicted molar refractivity (Wildman–Crippen MR) is 124 cm³/mol. The number of hydrogen-bond donors (Lipinski definition) is 0. The smallest absolute Gasteiger partial charge is 0.227 e. The van der Waals surface area contributed by atoms with Crippen LogP contribution in [0.15, 0.2) is 30.3 Å². The predicted octanol–water partition coefficient (Wildman–Crippen LogP) is 2.59. The fraction of sp³-hybridized carbons (Fsp3) is 0.500. The molecule has 1 saturated carbocycles. The van der Waals surface area contributed by atoms with Crippen molar-refractivity contribution in [3.05, 3.63) is 58.8 Å². The molecule has 0 N–H and O–H groups in total. The molecule has 0 saturated heterocycles. The molecule has 4 heterocycles. The second kappa shape index (κ2) is 7.85. The molecule has 0 amide bonds. The van der Waals surface area contributed by atoms with Crippen LogP contribution in [0.2, 0.25) is 0 Å². The van der Waals surface area contributed by atoms with Gasteiger partial charge in [-0.25, -0.2) is 4.98 Å². The van der Waals surface area contributed by atoms with Gasteiger partial charge in [0.15, 0.2) is 5.82 Å². The molecule has 1 aromatic carbocycles. The molecule has 2 aromatic heterocycles. The molecule has 3 aliphatic rings. The normalized spacial score (nSPS) is 18.4. The van der Waals surface area contributed by atoms with Crippen LogP contribution in [0.3, 0.4) is 0 Å². The second-order valence-corrected chi connectivity index (χ2v) is 9.44. The van der Waals surface area contributed by atoms with Crippen LogP contribution < -0.4 is 9.80 Å². The third-order valence-corrected chi connectivity index (χ3v) is 6.78. The van der Waals surface area contributed by atoms with E-state index in [0.29, 0.717) is 5.92 Å². The van der Waals surface area contributed by atoms with Crippen LogP contribution in [0.5, 0.6) is 0 Å². The van der Waals surface area contributed by atoms with Crippen LogP contribution in [0.1, 0.15) is 47.2 Å². The minimum absolute atomic E-state index is 0.626. The number of rotatable bonds is 5. The van der Waals surface area contributed by atoms with Crippen LogP contribution in [0.4, 0.5) is 11.8 Å². The average molecular weight is 431 g/mol. The van der Waals surface area contributed by atoms with Crippen LogP contribution in [-0.2, 0) is 32.6 Å². The van der Waals surface area contributed by atoms with Crippen LogP contribution >= 0.6 is 0 Å². The van der Waals surface area contributed by atoms with Gasteiger partial charge in [0, 0.05) is 64.7 Å². The molecule has 0 spiro atoms. The largest absolute Gasteiger partial charge is 0.347 e. The molecule has 0 radical (unpaired) electrons. The molecule has 8 heteroatoms. The van der Waals surface area contributed by atoms with Gasteiger partial charge in [-0.2, -0.15) is 4.98 Å². The van der Waals surface area contributed by atoms with Gasteiger partial charge in [-0.1, -0.05) is 30.3 Å². The molecule has 0 unspecified atom stereocenters. The Morgan fingerprint density at radius 2 is 1.81 bits per heavy atom. The standard InChI is InChI=1S/C24H30N8/c1-29(2)24-25-20-10-11-30(14-17-6-4-3-5-7-17)15-19(20)23(26-24)31-12-13-32-21(16-31)27-28-22(32)18-8-9-18/h3-7,18H,8-16H2,1-2H3. The minimum Gasteiger partial charge on any atom is -0.347 e. The summed E-state index contributed by atoms with van der Waals surface area (Å²) in [6.07, 6.45) is 3.46. The Hall–Kier alpha value is -3.00. The molecule has 6 rings (SSSR count). The van der Waals surface area contributed by atoms with E-state index in [-0.39, 0.29) is 0 Å². The first-order valence-corrected chi connectivity index (χ1v) is 11.7. The average Bonchev–Trinajstić information content (AvgIpc) is 3.57. The fourth-order valence-electron chi connectivity index (χ4n) is 4.88. The summed E-state index contributed by atoms with van der Waals surface area (Å²) in [4.78, 5) is 16.9. The van der Waals surface area contributed by atoms with E-state index in [0.717, 1.165) is 63.3 Å². The summed E-state index contributed by atoms with van der Waals surface area (Å²) < 4.78 is 2.34. The molecular weight excluding hydrogens is 400 g/mol. The Labute approximate surface area is 188 Å². The third kappa shape index (κ3) is 3.62. The van der Waals surface area contributed by atoms with Crippen molar-refractivity contribution in [3.8, 4) is 0 Å². The third-order valence-electron chi connectivity index (χ3n) is 6.78. The van der Waals surface area contributed by atoms with Gasteiger partial charge < -0.3 is 14.4 Å². The van der Waals surface area contributed by atoms with Crippen molar-refractivity contribution in [1.82, 2.24) is 29.6 Å². The van der Waals surface area contributed by atoms with Gasteiger partial charge in [-0.15, -0.1) is 10.2 Å². The van der Waals surface area contributed by atoms with E-state index in [4.69, 9.17) is 9.97 Å². The van der Waals surface area contributed by atoms with Gasteiger partial charge in [0.05, 0.1) is 12.2 Å². The van der Waals surface area contributed by atoms with Crippen molar-refractivity contribution in [2.24, 2.45) is 0 Å². The highest BCUT2D eigenvalue weighted by Crippen LogP contribution is 2.40. The van der Waals surface area contributed by atoms with E-state index in [1.165, 1.54) is 35.5 Å². The molecule has 0 bridgehead atoms. The van der Waals surface area contributed by atoms with Crippen molar-refractivity contribution in [3.63, 3.8) is 0 Å². The summed E-state index contributed by atoms with van der Waals surface area (Å²) in [6.45, 7) is 5.47. The lowest BCUT2D eigenvalue weighted by atomic mass is 10.0. The molecule has 166 valence electrons. The number of anilines is 2. The minimum atomic E-state index is 0.626. The van der Waals surface area contributed by atoms with Gasteiger partial charge in [-0.3, -0.25) is 4.90 Å². The summed E-state index contributed by atoms with van der Waals surface area (Å²) in [5.74, 6) is 4.74. The first-order valence-electron chi connectivity index (χ1n) is 11.7. The fourth-order valence-corrected chi connectivity index (χ4v) is 4.88. The summed E-state index contributed by atoms with van der Waals surface area (Å²) in [5, 5.41) is 9.06. The Morgan fingerprint density at radius 1 is 0.969 bits per heavy atom. The summed E-state index contributed by atoms with van der Waals surface area (Å²) in [5.41, 5.74) is 3.81. The number of fused-ring (bicyclic) bond motifs is 2. The maximum Gasteiger partial charge on any atom is 0.227 e. The lowest BCUT2D eigenvalue weighted by Gasteiger charge is -2.35. The molecule has 0 atom stereocenters. The van der Waals surface area contributed by atoms with Crippen molar-refractivity contribution in [2.75, 3.05) is 37.0 Å². The van der Waals surface area contributed by atoms with E-state index < -0.39 is 0 Å². The van der Waals surface area contributed by atoms with E-state index in [2.05, 4.69) is 54.9 Å². The Morgan fingerprint density at radius 3 is 2.59 bits per heavy atom. The molecule has 32 heavy (non-hydrogen) atoms. The van der Waals surface area contributed by atoms with E-state index in [1.54, 1.807) is 0 Å². The zero-order chi connectivity index (χ0) is 21.7. The highest BCUT2D eigenvalue weighted by molar-refractivity contribution is 5.54. The number of benzene rings is 1. The maximum absolute atomic E-state index is 5.03. The van der Waals surface area contributed by atoms with Crippen LogP contribution in [0, 0.1) is 0 Å². The van der Waals surface area contributed by atoms with Crippen molar-refractivity contribution < 1.29 is 0 Å². The Bertz CT molecular complexity index is 1120. The number of nitrogens with zero attached hydrogens (tertiary/aromatic N) is 8. The zero-order valence-corrected chi connectivity index (χ0v) is 18.9. The lowest BCUT2D eigenvalue weighted by Crippen LogP contribution is -2.38. The van der Waals surface area contributed by atoms with Crippen molar-refractivity contribution >= 4 is 11.8 Å². The van der Waals surface area contributed by atoms with Crippen molar-refractivity contribution in [2.45, 2.75) is 51.4 Å². The number of aromatic nitrogens is 5. The van der Waals surface area contributed by atoms with Gasteiger partial charge in [0.2, 0.25) is 5.95 Å². The van der Waals surface area contributed by atoms with Crippen LogP contribution in [0.25, 0.3) is 0 Å². The highest BCUT2D eigenvalue weighted by atomic mass is 15.4. The first-order chi connectivity index (χ1) is 15.7. The molecule has 2 aliphatic heterocycles. The Balaban J connectivity index is 1.31. The summed E-state index contributed by atoms with van der Waals surface area (Å²) >= 11 is 0. The molecular formula is C24H30N8. The second-order valence-electron chi connectivity index (χ2n) is 9.44. The molecule has 3 aromatic rings. The van der Waals surface area contributed by atoms with Gasteiger partial charge in [-0.05, 0) is 18.4 Å².